The van der Waals surface area contributed by atoms with Gasteiger partial charge >= 0.3 is 5.97 Å². The Morgan fingerprint density at radius 2 is 2.00 bits per heavy atom. The maximum Gasteiger partial charge on any atom is 0.307 e. The van der Waals surface area contributed by atoms with Crippen LogP contribution in [0.1, 0.15) is 37.3 Å². The number of rotatable bonds is 8. The van der Waals surface area contributed by atoms with Gasteiger partial charge in [-0.05, 0) is 42.9 Å². The van der Waals surface area contributed by atoms with Crippen LogP contribution in [0.25, 0.3) is 0 Å². The molecule has 0 amide bonds. The molecule has 104 valence electrons. The molecule has 1 N–H and O–H groups in total. The third-order valence-corrected chi connectivity index (χ3v) is 3.61. The zero-order valence-corrected chi connectivity index (χ0v) is 11.6. The lowest BCUT2D eigenvalue weighted by Crippen LogP contribution is -2.27. The van der Waals surface area contributed by atoms with E-state index in [0.29, 0.717) is 0 Å². The lowest BCUT2D eigenvalue weighted by molar-refractivity contribution is -0.136. The summed E-state index contributed by atoms with van der Waals surface area (Å²) in [5, 5.41) is 8.97. The van der Waals surface area contributed by atoms with Gasteiger partial charge in [0, 0.05) is 13.1 Å². The highest BCUT2D eigenvalue weighted by atomic mass is 16.4. The molecule has 1 aromatic rings. The van der Waals surface area contributed by atoms with Gasteiger partial charge in [0.2, 0.25) is 0 Å². The summed E-state index contributed by atoms with van der Waals surface area (Å²) in [4.78, 5) is 13.4. The van der Waals surface area contributed by atoms with Crippen LogP contribution in [-0.4, -0.2) is 29.1 Å². The van der Waals surface area contributed by atoms with Gasteiger partial charge in [-0.2, -0.15) is 0 Å². The Labute approximate surface area is 115 Å². The molecule has 1 aromatic carbocycles. The molecule has 0 saturated heterocycles. The van der Waals surface area contributed by atoms with Crippen molar-refractivity contribution < 1.29 is 9.90 Å². The highest BCUT2D eigenvalue weighted by Crippen LogP contribution is 2.30. The van der Waals surface area contributed by atoms with Crippen molar-refractivity contribution in [2.75, 3.05) is 13.1 Å². The molecule has 1 aliphatic carbocycles. The monoisotopic (exact) mass is 261 g/mol. The standard InChI is InChI=1S/C16H23NO2/c1-2-9-17(11-13-7-8-13)12-15-6-4-3-5-14(15)10-16(18)19/h3-6,13H,2,7-12H2,1H3,(H,18,19). The van der Waals surface area contributed by atoms with Crippen LogP contribution in [-0.2, 0) is 17.8 Å². The number of hydrogen-bond acceptors (Lipinski definition) is 2. The Kier molecular flexibility index (Phi) is 4.97. The van der Waals surface area contributed by atoms with E-state index in [0.717, 1.165) is 37.5 Å². The summed E-state index contributed by atoms with van der Waals surface area (Å²) in [5.74, 6) is 0.120. The molecule has 0 atom stereocenters. The van der Waals surface area contributed by atoms with Crippen molar-refractivity contribution in [3.05, 3.63) is 35.4 Å². The summed E-state index contributed by atoms with van der Waals surface area (Å²) in [6, 6.07) is 7.92. The summed E-state index contributed by atoms with van der Waals surface area (Å²) in [7, 11) is 0. The highest BCUT2D eigenvalue weighted by Gasteiger charge is 2.24. The molecule has 0 aromatic heterocycles. The van der Waals surface area contributed by atoms with Gasteiger partial charge in [0.1, 0.15) is 0 Å². The predicted octanol–water partition coefficient (Wildman–Crippen LogP) is 2.94. The smallest absolute Gasteiger partial charge is 0.307 e. The van der Waals surface area contributed by atoms with Crippen LogP contribution in [0.15, 0.2) is 24.3 Å². The van der Waals surface area contributed by atoms with Crippen molar-refractivity contribution in [3.8, 4) is 0 Å². The molecule has 0 aliphatic heterocycles. The number of nitrogens with zero attached hydrogens (tertiary/aromatic N) is 1. The van der Waals surface area contributed by atoms with E-state index in [4.69, 9.17) is 5.11 Å². The summed E-state index contributed by atoms with van der Waals surface area (Å²) < 4.78 is 0. The van der Waals surface area contributed by atoms with Crippen molar-refractivity contribution in [1.29, 1.82) is 0 Å². The average molecular weight is 261 g/mol. The third kappa shape index (κ3) is 4.67. The summed E-state index contributed by atoms with van der Waals surface area (Å²) in [6.07, 6.45) is 3.99. The molecule has 1 fully saturated rings. The zero-order valence-electron chi connectivity index (χ0n) is 11.6. The molecule has 0 bridgehead atoms. The van der Waals surface area contributed by atoms with E-state index < -0.39 is 5.97 Å². The van der Waals surface area contributed by atoms with Gasteiger partial charge < -0.3 is 5.11 Å². The number of carboxylic acid groups (broad SMARTS) is 1. The van der Waals surface area contributed by atoms with Gasteiger partial charge in [-0.1, -0.05) is 31.2 Å². The first-order chi connectivity index (χ1) is 9.19. The van der Waals surface area contributed by atoms with Crippen LogP contribution in [0.5, 0.6) is 0 Å². The SMILES string of the molecule is CCCN(Cc1ccccc1CC(=O)O)CC1CC1. The lowest BCUT2D eigenvalue weighted by atomic mass is 10.0. The quantitative estimate of drug-likeness (QED) is 0.782. The molecular formula is C16H23NO2. The molecular weight excluding hydrogens is 238 g/mol. The fraction of sp³-hybridized carbons (Fsp3) is 0.562. The van der Waals surface area contributed by atoms with E-state index >= 15 is 0 Å². The minimum Gasteiger partial charge on any atom is -0.481 e. The van der Waals surface area contributed by atoms with Crippen molar-refractivity contribution in [3.63, 3.8) is 0 Å². The number of hydrogen-bond donors (Lipinski definition) is 1. The second-order valence-corrected chi connectivity index (χ2v) is 5.52. The summed E-state index contributed by atoms with van der Waals surface area (Å²) in [6.45, 7) is 5.34. The molecule has 0 radical (unpaired) electrons. The van der Waals surface area contributed by atoms with Gasteiger partial charge in [-0.25, -0.2) is 0 Å². The van der Waals surface area contributed by atoms with E-state index in [2.05, 4.69) is 17.9 Å². The second-order valence-electron chi connectivity index (χ2n) is 5.52. The maximum atomic E-state index is 10.9. The molecule has 19 heavy (non-hydrogen) atoms. The summed E-state index contributed by atoms with van der Waals surface area (Å²) in [5.41, 5.74) is 2.12. The third-order valence-electron chi connectivity index (χ3n) is 3.61. The van der Waals surface area contributed by atoms with Gasteiger partial charge in [0.25, 0.3) is 0 Å². The van der Waals surface area contributed by atoms with Crippen LogP contribution in [0.3, 0.4) is 0 Å². The van der Waals surface area contributed by atoms with E-state index in [1.807, 2.05) is 18.2 Å². The van der Waals surface area contributed by atoms with E-state index in [-0.39, 0.29) is 6.42 Å². The number of aliphatic carboxylic acids is 1. The van der Waals surface area contributed by atoms with E-state index in [1.54, 1.807) is 0 Å². The Balaban J connectivity index is 2.03. The molecule has 3 heteroatoms. The number of carbonyl (C=O) groups is 1. The first kappa shape index (κ1) is 14.1. The number of carboxylic acids is 1. The van der Waals surface area contributed by atoms with Gasteiger partial charge in [-0.3, -0.25) is 9.69 Å². The first-order valence-electron chi connectivity index (χ1n) is 7.20. The van der Waals surface area contributed by atoms with Crippen molar-refractivity contribution >= 4 is 5.97 Å². The Hall–Kier alpha value is -1.35. The Bertz CT molecular complexity index is 427. The Morgan fingerprint density at radius 1 is 1.32 bits per heavy atom. The predicted molar refractivity (Wildman–Crippen MR) is 76.1 cm³/mol. The zero-order chi connectivity index (χ0) is 13.7. The molecule has 0 heterocycles. The highest BCUT2D eigenvalue weighted by molar-refractivity contribution is 5.70. The van der Waals surface area contributed by atoms with Crippen LogP contribution < -0.4 is 0 Å². The topological polar surface area (TPSA) is 40.5 Å². The van der Waals surface area contributed by atoms with Gasteiger partial charge in [-0.15, -0.1) is 0 Å². The lowest BCUT2D eigenvalue weighted by Gasteiger charge is -2.22. The van der Waals surface area contributed by atoms with Crippen molar-refractivity contribution in [1.82, 2.24) is 4.90 Å². The van der Waals surface area contributed by atoms with Crippen molar-refractivity contribution in [2.24, 2.45) is 5.92 Å². The van der Waals surface area contributed by atoms with Crippen LogP contribution >= 0.6 is 0 Å². The molecule has 1 aliphatic rings. The molecule has 3 nitrogen and oxygen atoms in total. The fourth-order valence-electron chi connectivity index (χ4n) is 2.50. The van der Waals surface area contributed by atoms with Gasteiger partial charge in [0.15, 0.2) is 0 Å². The van der Waals surface area contributed by atoms with Crippen molar-refractivity contribution in [2.45, 2.75) is 39.2 Å². The summed E-state index contributed by atoms with van der Waals surface area (Å²) >= 11 is 0. The largest absolute Gasteiger partial charge is 0.481 e. The van der Waals surface area contributed by atoms with Crippen LogP contribution in [0.2, 0.25) is 0 Å². The first-order valence-corrected chi connectivity index (χ1v) is 7.20. The molecule has 0 unspecified atom stereocenters. The molecule has 2 rings (SSSR count). The van der Waals surface area contributed by atoms with Gasteiger partial charge in [0.05, 0.1) is 6.42 Å². The fourth-order valence-corrected chi connectivity index (χ4v) is 2.50. The minimum atomic E-state index is -0.753. The van der Waals surface area contributed by atoms with Crippen LogP contribution in [0, 0.1) is 5.92 Å². The van der Waals surface area contributed by atoms with E-state index in [9.17, 15) is 4.79 Å². The minimum absolute atomic E-state index is 0.125. The number of benzene rings is 1. The van der Waals surface area contributed by atoms with E-state index in [1.165, 1.54) is 18.4 Å². The average Bonchev–Trinajstić information content (AvgIpc) is 3.15. The Morgan fingerprint density at radius 3 is 2.58 bits per heavy atom. The molecule has 0 spiro atoms. The normalized spacial score (nSPS) is 14.8. The maximum absolute atomic E-state index is 10.9. The second kappa shape index (κ2) is 6.71. The van der Waals surface area contributed by atoms with Crippen LogP contribution in [0.4, 0.5) is 0 Å². The molecule has 1 saturated carbocycles.